The first-order valence-electron chi connectivity index (χ1n) is 12.1. The number of nitrogens with zero attached hydrogens (tertiary/aromatic N) is 5. The second-order valence-corrected chi connectivity index (χ2v) is 9.05. The van der Waals surface area contributed by atoms with Gasteiger partial charge in [-0.15, -0.1) is 0 Å². The molecule has 9 nitrogen and oxygen atoms in total. The minimum atomic E-state index is -0.285. The molecule has 0 radical (unpaired) electrons. The fourth-order valence-electron chi connectivity index (χ4n) is 4.58. The number of aromatic nitrogens is 4. The lowest BCUT2D eigenvalue weighted by atomic mass is 9.96. The Morgan fingerprint density at radius 1 is 1.17 bits per heavy atom. The molecule has 2 atom stereocenters. The van der Waals surface area contributed by atoms with E-state index in [0.29, 0.717) is 18.7 Å². The van der Waals surface area contributed by atoms with E-state index in [2.05, 4.69) is 42.4 Å². The van der Waals surface area contributed by atoms with Crippen LogP contribution >= 0.6 is 0 Å². The van der Waals surface area contributed by atoms with E-state index in [1.165, 1.54) is 0 Å². The van der Waals surface area contributed by atoms with Gasteiger partial charge in [0.15, 0.2) is 0 Å². The lowest BCUT2D eigenvalue weighted by molar-refractivity contribution is 0.0964. The number of fused-ring (bicyclic) bond motifs is 1. The highest BCUT2D eigenvalue weighted by Crippen LogP contribution is 2.27. The van der Waals surface area contributed by atoms with Crippen LogP contribution in [0.15, 0.2) is 61.2 Å². The van der Waals surface area contributed by atoms with Crippen LogP contribution in [-0.4, -0.2) is 63.7 Å². The molecule has 1 saturated heterocycles. The lowest BCUT2D eigenvalue weighted by Gasteiger charge is -2.17. The number of aliphatic hydroxyl groups is 1. The molecule has 0 unspecified atom stereocenters. The van der Waals surface area contributed by atoms with Gasteiger partial charge >= 0.3 is 0 Å². The van der Waals surface area contributed by atoms with E-state index in [1.807, 2.05) is 36.4 Å². The Morgan fingerprint density at radius 2 is 2.06 bits per heavy atom. The molecule has 1 aromatic carbocycles. The van der Waals surface area contributed by atoms with Gasteiger partial charge in [-0.3, -0.25) is 9.78 Å². The summed E-state index contributed by atoms with van der Waals surface area (Å²) in [6.07, 6.45) is 5.51. The number of rotatable bonds is 7. The predicted molar refractivity (Wildman–Crippen MR) is 140 cm³/mol. The molecule has 36 heavy (non-hydrogen) atoms. The minimum Gasteiger partial charge on any atom is -0.391 e. The number of anilines is 2. The van der Waals surface area contributed by atoms with Crippen molar-refractivity contribution in [3.8, 4) is 11.3 Å². The Kier molecular flexibility index (Phi) is 6.73. The van der Waals surface area contributed by atoms with Gasteiger partial charge in [-0.25, -0.2) is 15.0 Å². The number of para-hydroxylation sites is 1. The van der Waals surface area contributed by atoms with Crippen molar-refractivity contribution in [1.82, 2.24) is 25.3 Å². The number of amides is 1. The third-order valence-electron chi connectivity index (χ3n) is 6.59. The summed E-state index contributed by atoms with van der Waals surface area (Å²) in [6, 6.07) is 13.6. The van der Waals surface area contributed by atoms with E-state index in [0.717, 1.165) is 52.3 Å². The molecular weight excluding hydrogens is 454 g/mol. The van der Waals surface area contributed by atoms with Crippen molar-refractivity contribution >= 4 is 28.4 Å². The zero-order valence-electron chi connectivity index (χ0n) is 20.3. The summed E-state index contributed by atoms with van der Waals surface area (Å²) >= 11 is 0. The Hall–Kier alpha value is -4.11. The second-order valence-electron chi connectivity index (χ2n) is 9.05. The Morgan fingerprint density at radius 3 is 2.81 bits per heavy atom. The highest BCUT2D eigenvalue weighted by atomic mass is 16.3. The molecule has 3 N–H and O–H groups in total. The molecule has 1 aliphatic heterocycles. The smallest absolute Gasteiger partial charge is 0.251 e. The zero-order valence-corrected chi connectivity index (χ0v) is 20.3. The van der Waals surface area contributed by atoms with Crippen molar-refractivity contribution in [3.05, 3.63) is 72.3 Å². The summed E-state index contributed by atoms with van der Waals surface area (Å²) < 4.78 is 0. The quantitative estimate of drug-likeness (QED) is 0.367. The van der Waals surface area contributed by atoms with Gasteiger partial charge < -0.3 is 20.6 Å². The topological polar surface area (TPSA) is 116 Å². The summed E-state index contributed by atoms with van der Waals surface area (Å²) in [7, 11) is 1.63. The zero-order chi connectivity index (χ0) is 25.1. The number of benzene rings is 1. The predicted octanol–water partition coefficient (Wildman–Crippen LogP) is 3.23. The molecule has 4 aromatic rings. The third-order valence-corrected chi connectivity index (χ3v) is 6.59. The molecule has 1 aliphatic rings. The highest BCUT2D eigenvalue weighted by molar-refractivity contribution is 6.06. The number of aliphatic hydroxyl groups excluding tert-OH is 1. The van der Waals surface area contributed by atoms with Crippen molar-refractivity contribution < 1.29 is 9.90 Å². The van der Waals surface area contributed by atoms with E-state index in [9.17, 15) is 9.90 Å². The minimum absolute atomic E-state index is 0.122. The Balaban J connectivity index is 1.30. The SMILES string of the molecule is CNC(=O)c1ccnc2c([C@H](C)CNc3cc(-c4ccc(N5CC[C@H](O)C5)nc4)ncn3)cccc12. The molecule has 1 fully saturated rings. The van der Waals surface area contributed by atoms with Gasteiger partial charge in [0.2, 0.25) is 0 Å². The molecule has 0 aliphatic carbocycles. The van der Waals surface area contributed by atoms with E-state index in [4.69, 9.17) is 0 Å². The van der Waals surface area contributed by atoms with E-state index >= 15 is 0 Å². The second kappa shape index (κ2) is 10.2. The van der Waals surface area contributed by atoms with Gasteiger partial charge in [-0.05, 0) is 30.2 Å². The van der Waals surface area contributed by atoms with Crippen molar-refractivity contribution in [2.75, 3.05) is 36.9 Å². The van der Waals surface area contributed by atoms with Crippen LogP contribution in [0.4, 0.5) is 11.6 Å². The maximum atomic E-state index is 12.3. The van der Waals surface area contributed by atoms with Crippen LogP contribution in [0.5, 0.6) is 0 Å². The number of pyridine rings is 2. The van der Waals surface area contributed by atoms with Crippen LogP contribution < -0.4 is 15.5 Å². The number of β-amino-alcohol motifs (C(OH)–C–C–N with tert-alkyl or cyclic N) is 1. The van der Waals surface area contributed by atoms with Gasteiger partial charge in [0.1, 0.15) is 18.0 Å². The van der Waals surface area contributed by atoms with Gasteiger partial charge in [0.05, 0.1) is 22.9 Å². The van der Waals surface area contributed by atoms with Crippen LogP contribution in [0.1, 0.15) is 35.2 Å². The van der Waals surface area contributed by atoms with Crippen molar-refractivity contribution in [2.24, 2.45) is 0 Å². The Labute approximate surface area is 209 Å². The molecular formula is C27H29N7O2. The maximum absolute atomic E-state index is 12.3. The number of carbonyl (C=O) groups excluding carboxylic acids is 1. The molecule has 4 heterocycles. The van der Waals surface area contributed by atoms with E-state index < -0.39 is 0 Å². The average Bonchev–Trinajstić information content (AvgIpc) is 3.37. The number of carbonyl (C=O) groups is 1. The third kappa shape index (κ3) is 4.83. The largest absolute Gasteiger partial charge is 0.391 e. The number of nitrogens with one attached hydrogen (secondary N) is 2. The normalized spacial score (nSPS) is 16.2. The van der Waals surface area contributed by atoms with Crippen LogP contribution in [0.3, 0.4) is 0 Å². The Bertz CT molecular complexity index is 1380. The lowest BCUT2D eigenvalue weighted by Crippen LogP contribution is -2.21. The molecule has 0 saturated carbocycles. The van der Waals surface area contributed by atoms with Crippen LogP contribution in [0.25, 0.3) is 22.2 Å². The van der Waals surface area contributed by atoms with Crippen LogP contribution in [0.2, 0.25) is 0 Å². The summed E-state index contributed by atoms with van der Waals surface area (Å²) in [5.41, 5.74) is 4.19. The molecule has 3 aromatic heterocycles. The number of hydrogen-bond donors (Lipinski definition) is 3. The monoisotopic (exact) mass is 483 g/mol. The first kappa shape index (κ1) is 23.6. The average molecular weight is 484 g/mol. The standard InChI is InChI=1S/C27H29N7O2/c1-17(20-4-3-5-21-22(27(36)28-2)8-10-29-26(20)21)13-30-24-12-23(32-16-33-24)18-6-7-25(31-14-18)34-11-9-19(35)15-34/h3-8,10,12,14,16-17,19,35H,9,11,13,15H2,1-2H3,(H,28,36)(H,30,32,33)/t17-,19+/m1/s1. The van der Waals surface area contributed by atoms with Gasteiger partial charge in [-0.2, -0.15) is 0 Å². The summed E-state index contributed by atoms with van der Waals surface area (Å²) in [5, 5.41) is 16.7. The molecule has 5 rings (SSSR count). The fraction of sp³-hybridized carbons (Fsp3) is 0.296. The maximum Gasteiger partial charge on any atom is 0.251 e. The molecule has 0 bridgehead atoms. The fourth-order valence-corrected chi connectivity index (χ4v) is 4.58. The first-order chi connectivity index (χ1) is 17.5. The molecule has 184 valence electrons. The summed E-state index contributed by atoms with van der Waals surface area (Å²) in [5.74, 6) is 1.58. The van der Waals surface area contributed by atoms with Crippen LogP contribution in [0, 0.1) is 0 Å². The summed E-state index contributed by atoms with van der Waals surface area (Å²) in [4.78, 5) is 32.3. The molecule has 9 heteroatoms. The van der Waals surface area contributed by atoms with Gasteiger partial charge in [0, 0.05) is 62.0 Å². The van der Waals surface area contributed by atoms with E-state index in [1.54, 1.807) is 31.8 Å². The van der Waals surface area contributed by atoms with Crippen molar-refractivity contribution in [1.29, 1.82) is 0 Å². The highest BCUT2D eigenvalue weighted by Gasteiger charge is 2.21. The summed E-state index contributed by atoms with van der Waals surface area (Å²) in [6.45, 7) is 4.18. The molecule has 1 amide bonds. The van der Waals surface area contributed by atoms with Crippen molar-refractivity contribution in [2.45, 2.75) is 25.4 Å². The van der Waals surface area contributed by atoms with E-state index in [-0.39, 0.29) is 17.9 Å². The molecule has 0 spiro atoms. The van der Waals surface area contributed by atoms with Crippen molar-refractivity contribution in [3.63, 3.8) is 0 Å². The van der Waals surface area contributed by atoms with Gasteiger partial charge in [-0.1, -0.05) is 25.1 Å². The van der Waals surface area contributed by atoms with Gasteiger partial charge in [0.25, 0.3) is 5.91 Å². The first-order valence-corrected chi connectivity index (χ1v) is 12.1. The number of hydrogen-bond acceptors (Lipinski definition) is 8. The van der Waals surface area contributed by atoms with Crippen LogP contribution in [-0.2, 0) is 0 Å².